The van der Waals surface area contributed by atoms with Crippen LogP contribution in [0, 0.1) is 28.4 Å². The first-order valence-electron chi connectivity index (χ1n) is 5.93. The lowest BCUT2D eigenvalue weighted by atomic mass is 9.81. The Morgan fingerprint density at radius 1 is 1.40 bits per heavy atom. The van der Waals surface area contributed by atoms with Crippen molar-refractivity contribution in [1.29, 1.82) is 5.26 Å². The average Bonchev–Trinajstić information content (AvgIpc) is 2.43. The summed E-state index contributed by atoms with van der Waals surface area (Å²) >= 11 is 2.99. The molecule has 0 atom stereocenters. The van der Waals surface area contributed by atoms with Gasteiger partial charge in [-0.15, -0.1) is 0 Å². The van der Waals surface area contributed by atoms with Crippen molar-refractivity contribution < 1.29 is 18.3 Å². The van der Waals surface area contributed by atoms with Gasteiger partial charge in [0.1, 0.15) is 11.2 Å². The van der Waals surface area contributed by atoms with Gasteiger partial charge in [-0.2, -0.15) is 5.26 Å². The molecule has 0 bridgehead atoms. The minimum Gasteiger partial charge on any atom is -0.381 e. The summed E-state index contributed by atoms with van der Waals surface area (Å²) in [6.45, 7) is 0.599. The van der Waals surface area contributed by atoms with Gasteiger partial charge in [-0.05, 0) is 34.8 Å². The summed E-state index contributed by atoms with van der Waals surface area (Å²) in [6, 6.07) is 3.70. The lowest BCUT2D eigenvalue weighted by Gasteiger charge is -2.29. The van der Waals surface area contributed by atoms with Crippen LogP contribution in [-0.2, 0) is 9.53 Å². The second-order valence-electron chi connectivity index (χ2n) is 4.50. The van der Waals surface area contributed by atoms with Crippen LogP contribution in [-0.4, -0.2) is 19.1 Å². The van der Waals surface area contributed by atoms with E-state index in [1.54, 1.807) is 0 Å². The van der Waals surface area contributed by atoms with E-state index in [1.165, 1.54) is 0 Å². The monoisotopic (exact) mass is 344 g/mol. The Balaban J connectivity index is 2.26. The van der Waals surface area contributed by atoms with Crippen LogP contribution in [0.4, 0.5) is 14.5 Å². The Hall–Kier alpha value is -1.52. The molecule has 20 heavy (non-hydrogen) atoms. The van der Waals surface area contributed by atoms with Crippen LogP contribution < -0.4 is 5.32 Å². The fraction of sp³-hybridized carbons (Fsp3) is 0.385. The van der Waals surface area contributed by atoms with Gasteiger partial charge in [0.25, 0.3) is 0 Å². The van der Waals surface area contributed by atoms with Crippen LogP contribution in [0.15, 0.2) is 16.6 Å². The number of nitrogens with zero attached hydrogens (tertiary/aromatic N) is 1. The number of ether oxygens (including phenoxy) is 1. The molecule has 1 N–H and O–H groups in total. The third-order valence-electron chi connectivity index (χ3n) is 3.24. The first-order chi connectivity index (χ1) is 9.48. The molecule has 1 amide bonds. The van der Waals surface area contributed by atoms with Crippen molar-refractivity contribution in [3.05, 3.63) is 28.2 Å². The van der Waals surface area contributed by atoms with E-state index in [2.05, 4.69) is 21.2 Å². The van der Waals surface area contributed by atoms with Crippen molar-refractivity contribution in [2.75, 3.05) is 18.5 Å². The Morgan fingerprint density at radius 3 is 2.60 bits per heavy atom. The molecule has 7 heteroatoms. The minimum absolute atomic E-state index is 0.0866. The zero-order chi connectivity index (χ0) is 14.8. The standard InChI is InChI=1S/C13H11BrF2N2O2/c14-9-5-8(15)6-10(16)11(9)18-12(19)13(7-17)1-3-20-4-2-13/h5-6H,1-4H2,(H,18,19). The predicted octanol–water partition coefficient (Wildman–Crippen LogP) is 2.99. The van der Waals surface area contributed by atoms with Crippen molar-refractivity contribution >= 4 is 27.5 Å². The minimum atomic E-state index is -1.24. The molecule has 0 unspecified atom stereocenters. The van der Waals surface area contributed by atoms with E-state index in [-0.39, 0.29) is 23.0 Å². The maximum atomic E-state index is 13.7. The van der Waals surface area contributed by atoms with E-state index in [0.717, 1.165) is 6.07 Å². The number of amides is 1. The average molecular weight is 345 g/mol. The summed E-state index contributed by atoms with van der Waals surface area (Å²) in [5, 5.41) is 11.6. The van der Waals surface area contributed by atoms with Gasteiger partial charge in [-0.3, -0.25) is 4.79 Å². The zero-order valence-electron chi connectivity index (χ0n) is 10.4. The molecule has 2 rings (SSSR count). The van der Waals surface area contributed by atoms with E-state index >= 15 is 0 Å². The van der Waals surface area contributed by atoms with Crippen LogP contribution in [0.5, 0.6) is 0 Å². The summed E-state index contributed by atoms with van der Waals surface area (Å²) in [5.41, 5.74) is -1.41. The van der Waals surface area contributed by atoms with Gasteiger partial charge in [0.2, 0.25) is 5.91 Å². The molecule has 1 saturated heterocycles. The second kappa shape index (κ2) is 5.85. The Morgan fingerprint density at radius 2 is 2.05 bits per heavy atom. The normalized spacial score (nSPS) is 17.3. The number of carbonyl (C=O) groups excluding carboxylic acids is 1. The van der Waals surface area contributed by atoms with Gasteiger partial charge in [0.15, 0.2) is 5.82 Å². The number of nitrogens with one attached hydrogen (secondary N) is 1. The molecule has 106 valence electrons. The fourth-order valence-electron chi connectivity index (χ4n) is 2.00. The molecular weight excluding hydrogens is 334 g/mol. The Kier molecular flexibility index (Phi) is 4.35. The highest BCUT2D eigenvalue weighted by molar-refractivity contribution is 9.10. The van der Waals surface area contributed by atoms with E-state index in [0.29, 0.717) is 19.3 Å². The molecule has 1 heterocycles. The third-order valence-corrected chi connectivity index (χ3v) is 3.87. The maximum absolute atomic E-state index is 13.7. The molecule has 1 aromatic rings. The molecule has 0 radical (unpaired) electrons. The molecule has 1 fully saturated rings. The molecular formula is C13H11BrF2N2O2. The van der Waals surface area contributed by atoms with Crippen LogP contribution in [0.3, 0.4) is 0 Å². The molecule has 0 saturated carbocycles. The van der Waals surface area contributed by atoms with Crippen LogP contribution >= 0.6 is 15.9 Å². The zero-order valence-corrected chi connectivity index (χ0v) is 12.0. The molecule has 0 aliphatic carbocycles. The van der Waals surface area contributed by atoms with Gasteiger partial charge in [-0.25, -0.2) is 8.78 Å². The molecule has 4 nitrogen and oxygen atoms in total. The van der Waals surface area contributed by atoms with Crippen molar-refractivity contribution in [2.24, 2.45) is 5.41 Å². The maximum Gasteiger partial charge on any atom is 0.245 e. The van der Waals surface area contributed by atoms with Gasteiger partial charge < -0.3 is 10.1 Å². The summed E-state index contributed by atoms with van der Waals surface area (Å²) in [4.78, 5) is 12.2. The molecule has 0 spiro atoms. The highest BCUT2D eigenvalue weighted by atomic mass is 79.9. The lowest BCUT2D eigenvalue weighted by Crippen LogP contribution is -2.40. The highest BCUT2D eigenvalue weighted by Crippen LogP contribution is 2.33. The Labute approximate surface area is 122 Å². The second-order valence-corrected chi connectivity index (χ2v) is 5.36. The fourth-order valence-corrected chi connectivity index (χ4v) is 2.51. The van der Waals surface area contributed by atoms with Gasteiger partial charge in [-0.1, -0.05) is 0 Å². The smallest absolute Gasteiger partial charge is 0.245 e. The van der Waals surface area contributed by atoms with Crippen LogP contribution in [0.25, 0.3) is 0 Å². The first-order valence-corrected chi connectivity index (χ1v) is 6.73. The topological polar surface area (TPSA) is 62.1 Å². The van der Waals surface area contributed by atoms with E-state index in [9.17, 15) is 18.8 Å². The number of rotatable bonds is 2. The Bertz CT molecular complexity index is 557. The number of hydrogen-bond donors (Lipinski definition) is 1. The lowest BCUT2D eigenvalue weighted by molar-refractivity contribution is -0.126. The van der Waals surface area contributed by atoms with Gasteiger partial charge >= 0.3 is 0 Å². The number of anilines is 1. The molecule has 1 aliphatic rings. The SMILES string of the molecule is N#CC1(C(=O)Nc2c(F)cc(F)cc2Br)CCOCC1. The van der Waals surface area contributed by atoms with E-state index in [1.807, 2.05) is 6.07 Å². The number of nitriles is 1. The van der Waals surface area contributed by atoms with Crippen molar-refractivity contribution in [2.45, 2.75) is 12.8 Å². The number of benzene rings is 1. The van der Waals surface area contributed by atoms with E-state index < -0.39 is 23.0 Å². The van der Waals surface area contributed by atoms with Crippen molar-refractivity contribution in [3.8, 4) is 6.07 Å². The summed E-state index contributed by atoms with van der Waals surface area (Å²) in [5.74, 6) is -2.26. The summed E-state index contributed by atoms with van der Waals surface area (Å²) < 4.78 is 31.9. The van der Waals surface area contributed by atoms with Gasteiger partial charge in [0.05, 0.1) is 11.8 Å². The molecule has 1 aromatic carbocycles. The molecule has 1 aliphatic heterocycles. The quantitative estimate of drug-likeness (QED) is 0.896. The van der Waals surface area contributed by atoms with Crippen molar-refractivity contribution in [3.63, 3.8) is 0 Å². The van der Waals surface area contributed by atoms with Crippen LogP contribution in [0.2, 0.25) is 0 Å². The van der Waals surface area contributed by atoms with Gasteiger partial charge in [0, 0.05) is 23.8 Å². The van der Waals surface area contributed by atoms with E-state index in [4.69, 9.17) is 4.74 Å². The summed E-state index contributed by atoms with van der Waals surface area (Å²) in [6.07, 6.45) is 0.492. The number of halogens is 3. The van der Waals surface area contributed by atoms with Crippen LogP contribution in [0.1, 0.15) is 12.8 Å². The first kappa shape index (κ1) is 14.9. The third kappa shape index (κ3) is 2.81. The summed E-state index contributed by atoms with van der Waals surface area (Å²) in [7, 11) is 0. The predicted molar refractivity (Wildman–Crippen MR) is 70.8 cm³/mol. The number of carbonyl (C=O) groups is 1. The van der Waals surface area contributed by atoms with Crippen molar-refractivity contribution in [1.82, 2.24) is 0 Å². The largest absolute Gasteiger partial charge is 0.381 e. The highest BCUT2D eigenvalue weighted by Gasteiger charge is 2.41. The number of hydrogen-bond acceptors (Lipinski definition) is 3. The molecule has 0 aromatic heterocycles.